The Morgan fingerprint density at radius 2 is 2.06 bits per heavy atom. The van der Waals surface area contributed by atoms with Gasteiger partial charge in [-0.3, -0.25) is 14.2 Å². The molecule has 0 spiro atoms. The molecule has 0 bridgehead atoms. The normalized spacial score (nSPS) is 16.2. The fourth-order valence-corrected chi connectivity index (χ4v) is 6.65. The maximum atomic E-state index is 13.2. The number of hydrogen-bond donors (Lipinski definition) is 2. The van der Waals surface area contributed by atoms with Crippen LogP contribution in [-0.4, -0.2) is 29.6 Å². The van der Waals surface area contributed by atoms with Crippen molar-refractivity contribution in [2.24, 2.45) is 11.1 Å². The summed E-state index contributed by atoms with van der Waals surface area (Å²) in [6.07, 6.45) is 2.98. The highest BCUT2D eigenvalue weighted by molar-refractivity contribution is 7.99. The predicted molar refractivity (Wildman–Crippen MR) is 128 cm³/mol. The Balaban J connectivity index is 1.52. The number of benzene rings is 1. The third-order valence-corrected chi connectivity index (χ3v) is 8.55. The zero-order chi connectivity index (χ0) is 23.0. The van der Waals surface area contributed by atoms with Gasteiger partial charge in [-0.2, -0.15) is 0 Å². The molecule has 0 saturated heterocycles. The second-order valence-electron chi connectivity index (χ2n) is 7.88. The van der Waals surface area contributed by atoms with E-state index in [4.69, 9.17) is 10.1 Å². The van der Waals surface area contributed by atoms with Gasteiger partial charge < -0.3 is 5.32 Å². The predicted octanol–water partition coefficient (Wildman–Crippen LogP) is 2.98. The van der Waals surface area contributed by atoms with Crippen LogP contribution < -0.4 is 16.0 Å². The van der Waals surface area contributed by atoms with E-state index < -0.39 is 10.0 Å². The van der Waals surface area contributed by atoms with Gasteiger partial charge in [0.1, 0.15) is 4.83 Å². The van der Waals surface area contributed by atoms with Crippen molar-refractivity contribution in [2.45, 2.75) is 49.7 Å². The number of hydrogen-bond acceptors (Lipinski definition) is 7. The molecule has 1 amide bonds. The fourth-order valence-electron chi connectivity index (χ4n) is 3.85. The number of nitrogens with two attached hydrogens (primary N) is 1. The maximum absolute atomic E-state index is 13.2. The molecule has 1 atom stereocenters. The molecule has 1 aromatic carbocycles. The summed E-state index contributed by atoms with van der Waals surface area (Å²) in [6.45, 7) is 4.60. The van der Waals surface area contributed by atoms with E-state index >= 15 is 0 Å². The van der Waals surface area contributed by atoms with Gasteiger partial charge in [0.15, 0.2) is 5.16 Å². The van der Waals surface area contributed by atoms with Crippen molar-refractivity contribution in [3.8, 4) is 0 Å². The lowest BCUT2D eigenvalue weighted by atomic mass is 9.89. The Labute approximate surface area is 194 Å². The van der Waals surface area contributed by atoms with Crippen molar-refractivity contribution in [3.63, 3.8) is 0 Å². The first-order valence-electron chi connectivity index (χ1n) is 10.3. The molecule has 0 fully saturated rings. The monoisotopic (exact) mass is 492 g/mol. The van der Waals surface area contributed by atoms with E-state index in [0.717, 1.165) is 35.0 Å². The lowest BCUT2D eigenvalue weighted by Gasteiger charge is -2.17. The van der Waals surface area contributed by atoms with Gasteiger partial charge in [-0.25, -0.2) is 18.5 Å². The van der Waals surface area contributed by atoms with Crippen molar-refractivity contribution >= 4 is 54.9 Å². The summed E-state index contributed by atoms with van der Waals surface area (Å²) in [7, 11) is -3.79. The van der Waals surface area contributed by atoms with E-state index in [1.54, 1.807) is 15.9 Å². The highest BCUT2D eigenvalue weighted by atomic mass is 32.2. The van der Waals surface area contributed by atoms with Gasteiger partial charge in [-0.1, -0.05) is 18.7 Å². The Morgan fingerprint density at radius 1 is 1.34 bits per heavy atom. The first-order valence-corrected chi connectivity index (χ1v) is 13.6. The van der Waals surface area contributed by atoms with Crippen molar-refractivity contribution in [2.75, 3.05) is 11.1 Å². The molecule has 0 saturated carbocycles. The summed E-state index contributed by atoms with van der Waals surface area (Å²) in [5.41, 5.74) is 1.57. The molecule has 3 N–H and O–H groups in total. The summed E-state index contributed by atoms with van der Waals surface area (Å²) in [4.78, 5) is 32.3. The van der Waals surface area contributed by atoms with Gasteiger partial charge in [-0.05, 0) is 61.9 Å². The number of rotatable bonds is 6. The number of carbonyl (C=O) groups excluding carboxylic acids is 1. The Bertz CT molecular complexity index is 1340. The smallest absolute Gasteiger partial charge is 0.263 e. The average molecular weight is 493 g/mol. The standard InChI is InChI=1S/C21H24N4O4S3/c1-3-25-20(27)18-15-9-4-12(2)10-16(15)31-19(18)24-21(25)30-11-17(26)23-13-5-7-14(8-6-13)32(22,28)29/h5-8,12H,3-4,9-11H2,1-2H3,(H,23,26)(H2,22,28,29)/t12-/m0/s1. The van der Waals surface area contributed by atoms with Gasteiger partial charge in [0, 0.05) is 17.1 Å². The van der Waals surface area contributed by atoms with E-state index in [9.17, 15) is 18.0 Å². The van der Waals surface area contributed by atoms with Crippen molar-refractivity contribution in [3.05, 3.63) is 45.1 Å². The molecule has 8 nitrogen and oxygen atoms in total. The van der Waals surface area contributed by atoms with Crippen LogP contribution in [0.2, 0.25) is 0 Å². The molecule has 0 aliphatic heterocycles. The topological polar surface area (TPSA) is 124 Å². The summed E-state index contributed by atoms with van der Waals surface area (Å²) < 4.78 is 24.3. The van der Waals surface area contributed by atoms with Crippen LogP contribution >= 0.6 is 23.1 Å². The number of sulfonamides is 1. The summed E-state index contributed by atoms with van der Waals surface area (Å²) in [5.74, 6) is 0.395. The minimum absolute atomic E-state index is 0.0256. The summed E-state index contributed by atoms with van der Waals surface area (Å²) in [5, 5.41) is 9.07. The van der Waals surface area contributed by atoms with Gasteiger partial charge >= 0.3 is 0 Å². The molecule has 4 rings (SSSR count). The highest BCUT2D eigenvalue weighted by Crippen LogP contribution is 2.36. The Kier molecular flexibility index (Phi) is 6.44. The van der Waals surface area contributed by atoms with E-state index in [0.29, 0.717) is 23.3 Å². The third kappa shape index (κ3) is 4.61. The van der Waals surface area contributed by atoms with Crippen LogP contribution in [0.25, 0.3) is 10.2 Å². The number of amides is 1. The highest BCUT2D eigenvalue weighted by Gasteiger charge is 2.24. The van der Waals surface area contributed by atoms with E-state index in [-0.39, 0.29) is 22.1 Å². The molecule has 0 radical (unpaired) electrons. The number of anilines is 1. The fraction of sp³-hybridized carbons (Fsp3) is 0.381. The Hall–Kier alpha value is -2.21. The summed E-state index contributed by atoms with van der Waals surface area (Å²) >= 11 is 2.81. The SMILES string of the molecule is CCn1c(SCC(=O)Nc2ccc(S(N)(=O)=O)cc2)nc2sc3c(c2c1=O)CC[C@H](C)C3. The molecule has 32 heavy (non-hydrogen) atoms. The molecule has 1 aliphatic carbocycles. The van der Waals surface area contributed by atoms with Crippen molar-refractivity contribution < 1.29 is 13.2 Å². The first-order chi connectivity index (χ1) is 15.2. The molecule has 3 aromatic rings. The zero-order valence-corrected chi connectivity index (χ0v) is 20.2. The quantitative estimate of drug-likeness (QED) is 0.403. The number of aromatic nitrogens is 2. The number of nitrogens with one attached hydrogen (secondary N) is 1. The van der Waals surface area contributed by atoms with Gasteiger partial charge in [0.05, 0.1) is 16.0 Å². The van der Waals surface area contributed by atoms with Crippen LogP contribution in [0.4, 0.5) is 5.69 Å². The minimum Gasteiger partial charge on any atom is -0.325 e. The van der Waals surface area contributed by atoms with Crippen molar-refractivity contribution in [1.29, 1.82) is 0 Å². The number of thioether (sulfide) groups is 1. The van der Waals surface area contributed by atoms with Crippen LogP contribution in [0.3, 0.4) is 0 Å². The molecule has 170 valence electrons. The minimum atomic E-state index is -3.79. The first kappa shape index (κ1) is 23.0. The number of thiophene rings is 1. The lowest BCUT2D eigenvalue weighted by Crippen LogP contribution is -2.24. The molecule has 0 unspecified atom stereocenters. The second-order valence-corrected chi connectivity index (χ2v) is 11.5. The molecular formula is C21H24N4O4S3. The van der Waals surface area contributed by atoms with Crippen LogP contribution in [0.5, 0.6) is 0 Å². The molecular weight excluding hydrogens is 468 g/mol. The number of carbonyl (C=O) groups is 1. The number of aryl methyl sites for hydroxylation is 1. The van der Waals surface area contributed by atoms with Crippen LogP contribution in [0, 0.1) is 5.92 Å². The van der Waals surface area contributed by atoms with Crippen molar-refractivity contribution in [1.82, 2.24) is 9.55 Å². The maximum Gasteiger partial charge on any atom is 0.263 e. The van der Waals surface area contributed by atoms with Gasteiger partial charge in [0.25, 0.3) is 5.56 Å². The molecule has 1 aliphatic rings. The van der Waals surface area contributed by atoms with E-state index in [1.807, 2.05) is 6.92 Å². The third-order valence-electron chi connectivity index (χ3n) is 5.50. The van der Waals surface area contributed by atoms with Gasteiger partial charge in [-0.15, -0.1) is 11.3 Å². The largest absolute Gasteiger partial charge is 0.325 e. The number of primary sulfonamides is 1. The molecule has 11 heteroatoms. The lowest BCUT2D eigenvalue weighted by molar-refractivity contribution is -0.113. The van der Waals surface area contributed by atoms with Crippen LogP contribution in [0.1, 0.15) is 30.7 Å². The molecule has 2 heterocycles. The second kappa shape index (κ2) is 8.97. The van der Waals surface area contributed by atoms with Gasteiger partial charge in [0.2, 0.25) is 15.9 Å². The zero-order valence-electron chi connectivity index (χ0n) is 17.8. The van der Waals surface area contributed by atoms with Crippen LogP contribution in [0.15, 0.2) is 39.1 Å². The number of nitrogens with zero attached hydrogens (tertiary/aromatic N) is 2. The van der Waals surface area contributed by atoms with Crippen LogP contribution in [-0.2, 0) is 34.2 Å². The van der Waals surface area contributed by atoms with E-state index in [2.05, 4.69) is 12.2 Å². The number of fused-ring (bicyclic) bond motifs is 3. The summed E-state index contributed by atoms with van der Waals surface area (Å²) in [6, 6.07) is 5.63. The van der Waals surface area contributed by atoms with E-state index in [1.165, 1.54) is 40.9 Å². The molecule has 2 aromatic heterocycles. The average Bonchev–Trinajstić information content (AvgIpc) is 3.09. The Morgan fingerprint density at radius 3 is 2.72 bits per heavy atom.